The van der Waals surface area contributed by atoms with Gasteiger partial charge in [-0.15, -0.1) is 0 Å². The van der Waals surface area contributed by atoms with Crippen LogP contribution in [0.2, 0.25) is 5.02 Å². The van der Waals surface area contributed by atoms with E-state index in [0.29, 0.717) is 24.8 Å². The maximum Gasteiger partial charge on any atom is 0.120 e. The lowest BCUT2D eigenvalue weighted by atomic mass is 9.78. The zero-order chi connectivity index (χ0) is 28.9. The molecule has 1 N–H and O–H groups in total. The minimum absolute atomic E-state index is 0.284. The fourth-order valence-electron chi connectivity index (χ4n) is 7.14. The molecule has 1 aliphatic heterocycles. The summed E-state index contributed by atoms with van der Waals surface area (Å²) in [6.45, 7) is 2.70. The van der Waals surface area contributed by atoms with Gasteiger partial charge in [-0.3, -0.25) is 9.88 Å². The first-order valence-electron chi connectivity index (χ1n) is 15.6. The van der Waals surface area contributed by atoms with Gasteiger partial charge in [-0.05, 0) is 116 Å². The third kappa shape index (κ3) is 6.80. The maximum atomic E-state index is 10.8. The summed E-state index contributed by atoms with van der Waals surface area (Å²) < 4.78 is 5.97. The molecule has 0 bridgehead atoms. The Hall–Kier alpha value is -2.99. The fourth-order valence-corrected chi connectivity index (χ4v) is 7.33. The first kappa shape index (κ1) is 29.1. The number of aliphatic hydroxyl groups is 1. The summed E-state index contributed by atoms with van der Waals surface area (Å²) in [5.74, 6) is 1.93. The highest BCUT2D eigenvalue weighted by Gasteiger charge is 2.26. The Kier molecular flexibility index (Phi) is 9.38. The lowest BCUT2D eigenvalue weighted by molar-refractivity contribution is -0.108. The quantitative estimate of drug-likeness (QED) is 0.288. The summed E-state index contributed by atoms with van der Waals surface area (Å²) in [6.07, 6.45) is 11.5. The van der Waals surface area contributed by atoms with Crippen molar-refractivity contribution in [1.82, 2.24) is 9.88 Å². The van der Waals surface area contributed by atoms with Crippen LogP contribution in [0.25, 0.3) is 5.57 Å². The third-order valence-corrected chi connectivity index (χ3v) is 9.72. The number of hydrogen-bond donors (Lipinski definition) is 1. The zero-order valence-electron chi connectivity index (χ0n) is 24.3. The summed E-state index contributed by atoms with van der Waals surface area (Å²) in [5.41, 5.74) is 9.07. The molecule has 1 saturated carbocycles. The molecule has 42 heavy (non-hydrogen) atoms. The van der Waals surface area contributed by atoms with Crippen LogP contribution in [0.4, 0.5) is 0 Å². The number of piperidine rings is 1. The summed E-state index contributed by atoms with van der Waals surface area (Å²) in [5, 5.41) is 11.6. The number of aldehydes is 1. The van der Waals surface area contributed by atoms with E-state index < -0.39 is 6.10 Å². The Morgan fingerprint density at radius 2 is 1.74 bits per heavy atom. The van der Waals surface area contributed by atoms with Gasteiger partial charge in [-0.2, -0.15) is 0 Å². The molecule has 0 spiro atoms. The Labute approximate surface area is 254 Å². The van der Waals surface area contributed by atoms with Gasteiger partial charge in [0.2, 0.25) is 0 Å². The van der Waals surface area contributed by atoms with Gasteiger partial charge in [-0.25, -0.2) is 0 Å². The van der Waals surface area contributed by atoms with Gasteiger partial charge in [0, 0.05) is 42.8 Å². The molecule has 5 nitrogen and oxygen atoms in total. The number of ether oxygens (including phenoxy) is 1. The van der Waals surface area contributed by atoms with Gasteiger partial charge in [0.05, 0.1) is 5.69 Å². The van der Waals surface area contributed by atoms with Crippen LogP contribution in [0.3, 0.4) is 0 Å². The number of aromatic nitrogens is 1. The minimum Gasteiger partial charge on any atom is -0.491 e. The second-order valence-electron chi connectivity index (χ2n) is 12.2. The molecular formula is C36H41ClN2O3. The van der Waals surface area contributed by atoms with Crippen molar-refractivity contribution in [1.29, 1.82) is 0 Å². The van der Waals surface area contributed by atoms with Gasteiger partial charge in [0.1, 0.15) is 24.7 Å². The van der Waals surface area contributed by atoms with Crippen molar-refractivity contribution in [2.45, 2.75) is 69.8 Å². The molecule has 2 fully saturated rings. The summed E-state index contributed by atoms with van der Waals surface area (Å²) in [4.78, 5) is 18.0. The SMILES string of the molecule is O=CCC1CCC(c2ccc(OCC(O)CN3CCC(=C4c5ccc(Cl)cc5CCc5cccnc54)CC3)cc2)CC1. The number of nitrogens with zero attached hydrogens (tertiary/aromatic N) is 2. The summed E-state index contributed by atoms with van der Waals surface area (Å²) in [7, 11) is 0. The predicted octanol–water partition coefficient (Wildman–Crippen LogP) is 7.03. The molecule has 1 atom stereocenters. The summed E-state index contributed by atoms with van der Waals surface area (Å²) >= 11 is 6.38. The van der Waals surface area contributed by atoms with Crippen LogP contribution in [0.5, 0.6) is 5.75 Å². The molecule has 3 aliphatic rings. The van der Waals surface area contributed by atoms with Crippen LogP contribution in [-0.4, -0.2) is 53.6 Å². The van der Waals surface area contributed by atoms with Crippen LogP contribution in [0, 0.1) is 5.92 Å². The third-order valence-electron chi connectivity index (χ3n) is 9.48. The number of halogens is 1. The Bertz CT molecular complexity index is 1400. The van der Waals surface area contributed by atoms with Gasteiger partial charge in [0.15, 0.2) is 0 Å². The smallest absolute Gasteiger partial charge is 0.120 e. The highest BCUT2D eigenvalue weighted by molar-refractivity contribution is 6.30. The maximum absolute atomic E-state index is 10.8. The molecule has 2 heterocycles. The van der Waals surface area contributed by atoms with E-state index in [1.807, 2.05) is 30.5 Å². The topological polar surface area (TPSA) is 62.7 Å². The van der Waals surface area contributed by atoms with Crippen molar-refractivity contribution in [3.05, 3.63) is 99.3 Å². The van der Waals surface area contributed by atoms with Gasteiger partial charge >= 0.3 is 0 Å². The number of hydrogen-bond acceptors (Lipinski definition) is 5. The van der Waals surface area contributed by atoms with Gasteiger partial charge < -0.3 is 14.6 Å². The molecule has 1 saturated heterocycles. The molecule has 2 aromatic carbocycles. The van der Waals surface area contributed by atoms with Crippen LogP contribution >= 0.6 is 11.6 Å². The average molecular weight is 585 g/mol. The van der Waals surface area contributed by atoms with Crippen LogP contribution in [0.15, 0.2) is 66.4 Å². The molecule has 1 aromatic heterocycles. The van der Waals surface area contributed by atoms with Gasteiger partial charge in [-0.1, -0.05) is 41.4 Å². The Morgan fingerprint density at radius 1 is 0.976 bits per heavy atom. The number of β-amino-alcohol motifs (C(OH)–C–C–N with tert-alkyl or cyclic N) is 1. The number of carbonyl (C=O) groups is 1. The van der Waals surface area contributed by atoms with Gasteiger partial charge in [0.25, 0.3) is 0 Å². The van der Waals surface area contributed by atoms with E-state index in [4.69, 9.17) is 21.3 Å². The van der Waals surface area contributed by atoms with Crippen molar-refractivity contribution in [2.75, 3.05) is 26.2 Å². The zero-order valence-corrected chi connectivity index (χ0v) is 25.1. The Morgan fingerprint density at radius 3 is 2.50 bits per heavy atom. The molecule has 3 aromatic rings. The van der Waals surface area contributed by atoms with E-state index in [0.717, 1.165) is 87.2 Å². The Balaban J connectivity index is 1.03. The minimum atomic E-state index is -0.546. The largest absolute Gasteiger partial charge is 0.491 e. The standard InChI is InChI=1S/C36H41ClN2O3/c37-31-11-14-34-30(22-31)8-7-29-2-1-18-38-36(29)35(34)28-15-19-39(20-16-28)23-32(41)24-42-33-12-9-27(10-13-33)26-5-3-25(4-6-26)17-21-40/h1-2,9-14,18,21-22,25-26,32,41H,3-8,15-17,19-20,23-24H2. The van der Waals surface area contributed by atoms with E-state index in [9.17, 15) is 9.90 Å². The molecular weight excluding hydrogens is 544 g/mol. The van der Waals surface area contributed by atoms with Crippen molar-refractivity contribution in [2.24, 2.45) is 5.92 Å². The highest BCUT2D eigenvalue weighted by atomic mass is 35.5. The first-order valence-corrected chi connectivity index (χ1v) is 16.0. The number of aliphatic hydroxyl groups excluding tert-OH is 1. The van der Waals surface area contributed by atoms with E-state index in [1.165, 1.54) is 33.4 Å². The number of fused-ring (bicyclic) bond motifs is 2. The average Bonchev–Trinajstić information content (AvgIpc) is 3.18. The normalized spacial score (nSPS) is 21.7. The fraction of sp³-hybridized carbons (Fsp3) is 0.444. The summed E-state index contributed by atoms with van der Waals surface area (Å²) in [6, 6.07) is 18.9. The number of rotatable bonds is 8. The highest BCUT2D eigenvalue weighted by Crippen LogP contribution is 2.39. The molecule has 0 amide bonds. The van der Waals surface area contributed by atoms with E-state index >= 15 is 0 Å². The lowest BCUT2D eigenvalue weighted by Gasteiger charge is -2.31. The monoisotopic (exact) mass is 584 g/mol. The number of pyridine rings is 1. The van der Waals surface area contributed by atoms with E-state index in [1.54, 1.807) is 0 Å². The van der Waals surface area contributed by atoms with Crippen molar-refractivity contribution < 1.29 is 14.6 Å². The number of carbonyl (C=O) groups excluding carboxylic acids is 1. The van der Waals surface area contributed by atoms with Crippen molar-refractivity contribution in [3.8, 4) is 5.75 Å². The second kappa shape index (κ2) is 13.5. The molecule has 220 valence electrons. The van der Waals surface area contributed by atoms with Crippen molar-refractivity contribution in [3.63, 3.8) is 0 Å². The predicted molar refractivity (Wildman–Crippen MR) is 168 cm³/mol. The number of likely N-dealkylation sites (tertiary alicyclic amines) is 1. The van der Waals surface area contributed by atoms with Crippen molar-refractivity contribution >= 4 is 23.5 Å². The van der Waals surface area contributed by atoms with Crippen LogP contribution in [-0.2, 0) is 17.6 Å². The molecule has 6 heteroatoms. The first-order chi connectivity index (χ1) is 20.6. The van der Waals surface area contributed by atoms with Crippen LogP contribution < -0.4 is 4.74 Å². The molecule has 6 rings (SSSR count). The lowest BCUT2D eigenvalue weighted by Crippen LogP contribution is -2.39. The van der Waals surface area contributed by atoms with E-state index in [-0.39, 0.29) is 6.61 Å². The number of benzene rings is 2. The number of aryl methyl sites for hydroxylation is 2. The molecule has 1 unspecified atom stereocenters. The van der Waals surface area contributed by atoms with Crippen LogP contribution in [0.1, 0.15) is 78.8 Å². The molecule has 0 radical (unpaired) electrons. The molecule has 2 aliphatic carbocycles. The van der Waals surface area contributed by atoms with E-state index in [2.05, 4.69) is 35.2 Å². The second-order valence-corrected chi connectivity index (χ2v) is 12.7.